The number of aliphatic hydroxyl groups excluding tert-OH is 3. The fourth-order valence-electron chi connectivity index (χ4n) is 6.99. The first-order valence-corrected chi connectivity index (χ1v) is 14.4. The van der Waals surface area contributed by atoms with E-state index in [-0.39, 0.29) is 55.2 Å². The number of hydrogen-bond acceptors (Lipinski definition) is 6. The fraction of sp³-hybridized carbons (Fsp3) is 1.00. The molecule has 222 valence electrons. The highest BCUT2D eigenvalue weighted by atomic mass is 16.5. The van der Waals surface area contributed by atoms with Gasteiger partial charge in [0, 0.05) is 43.9 Å². The molecule has 0 aromatic heterocycles. The second-order valence-electron chi connectivity index (χ2n) is 12.2. The maximum absolute atomic E-state index is 8.95. The summed E-state index contributed by atoms with van der Waals surface area (Å²) < 4.78 is 40.6. The van der Waals surface area contributed by atoms with E-state index < -0.39 is 12.0 Å². The summed E-state index contributed by atoms with van der Waals surface area (Å²) in [6.45, 7) is 15.2. The van der Waals surface area contributed by atoms with Gasteiger partial charge in [-0.05, 0) is 91.2 Å². The van der Waals surface area contributed by atoms with Crippen molar-refractivity contribution in [1.29, 1.82) is 0 Å². The molecule has 3 saturated carbocycles. The maximum Gasteiger partial charge on any atom is 0.0864 e. The normalized spacial score (nSPS) is 47.8. The lowest BCUT2D eigenvalue weighted by Crippen LogP contribution is -2.31. The fourth-order valence-corrected chi connectivity index (χ4v) is 6.99. The van der Waals surface area contributed by atoms with E-state index in [0.29, 0.717) is 30.1 Å². The number of ether oxygens (including phenoxy) is 3. The van der Waals surface area contributed by atoms with Crippen molar-refractivity contribution in [3.8, 4) is 0 Å². The zero-order valence-electron chi connectivity index (χ0n) is 28.5. The van der Waals surface area contributed by atoms with Gasteiger partial charge in [-0.3, -0.25) is 0 Å². The van der Waals surface area contributed by atoms with E-state index in [1.54, 1.807) is 21.3 Å². The van der Waals surface area contributed by atoms with E-state index in [2.05, 4.69) is 27.7 Å². The van der Waals surface area contributed by atoms with Crippen LogP contribution in [0, 0.1) is 52.7 Å². The lowest BCUT2D eigenvalue weighted by molar-refractivity contribution is -0.0483. The van der Waals surface area contributed by atoms with Crippen molar-refractivity contribution >= 4 is 0 Å². The molecule has 6 nitrogen and oxygen atoms in total. The largest absolute Gasteiger partial charge is 0.396 e. The van der Waals surface area contributed by atoms with Crippen LogP contribution in [0.5, 0.6) is 0 Å². The van der Waals surface area contributed by atoms with Crippen LogP contribution in [0.1, 0.15) is 91.1 Å². The van der Waals surface area contributed by atoms with Gasteiger partial charge in [-0.2, -0.15) is 0 Å². The minimum Gasteiger partial charge on any atom is -0.396 e. The van der Waals surface area contributed by atoms with Gasteiger partial charge in [0.25, 0.3) is 0 Å². The van der Waals surface area contributed by atoms with E-state index in [0.717, 1.165) is 32.1 Å². The molecular weight excluding hydrogens is 468 g/mol. The molecule has 0 aliphatic heterocycles. The van der Waals surface area contributed by atoms with Crippen LogP contribution in [0.25, 0.3) is 0 Å². The van der Waals surface area contributed by atoms with Crippen molar-refractivity contribution in [2.75, 3.05) is 41.2 Å². The zero-order chi connectivity index (χ0) is 31.1. The first kappa shape index (κ1) is 29.7. The second-order valence-corrected chi connectivity index (χ2v) is 12.2. The van der Waals surface area contributed by atoms with Gasteiger partial charge in [-0.15, -0.1) is 0 Å². The van der Waals surface area contributed by atoms with E-state index in [4.69, 9.17) is 33.6 Å². The number of methoxy groups -OCH3 is 3. The summed E-state index contributed by atoms with van der Waals surface area (Å²) in [6.07, 6.45) is 4.08. The predicted octanol–water partition coefficient (Wildman–Crippen LogP) is 5.42. The third kappa shape index (κ3) is 9.14. The van der Waals surface area contributed by atoms with Crippen LogP contribution < -0.4 is 0 Å². The predicted molar refractivity (Wildman–Crippen MR) is 151 cm³/mol. The summed E-state index contributed by atoms with van der Waals surface area (Å²) >= 11 is 0. The highest BCUT2D eigenvalue weighted by Crippen LogP contribution is 2.51. The van der Waals surface area contributed by atoms with Gasteiger partial charge in [0.15, 0.2) is 0 Å². The molecule has 0 spiro atoms. The minimum absolute atomic E-state index is 0.0188. The third-order valence-electron chi connectivity index (χ3n) is 9.80. The molecule has 0 unspecified atom stereocenters. The van der Waals surface area contributed by atoms with Crippen LogP contribution in [0.3, 0.4) is 0 Å². The Labute approximate surface area is 233 Å². The molecule has 0 bridgehead atoms. The average Bonchev–Trinajstić information content (AvgIpc) is 3.32. The summed E-state index contributed by atoms with van der Waals surface area (Å²) in [5.41, 5.74) is 0.0369. The lowest BCUT2D eigenvalue weighted by atomic mass is 9.74. The first-order valence-electron chi connectivity index (χ1n) is 15.9. The van der Waals surface area contributed by atoms with E-state index in [1.807, 2.05) is 20.8 Å². The molecule has 3 N–H and O–H groups in total. The molecule has 0 aromatic rings. The second kappa shape index (κ2) is 16.8. The Morgan fingerprint density at radius 3 is 1.57 bits per heavy atom. The molecule has 0 heterocycles. The highest BCUT2D eigenvalue weighted by molar-refractivity contribution is 4.93. The summed E-state index contributed by atoms with van der Waals surface area (Å²) in [4.78, 5) is 0. The van der Waals surface area contributed by atoms with Crippen molar-refractivity contribution in [3.05, 3.63) is 0 Å². The van der Waals surface area contributed by atoms with Crippen molar-refractivity contribution in [2.45, 2.75) is 105 Å². The van der Waals surface area contributed by atoms with Gasteiger partial charge in [-0.25, -0.2) is 0 Å². The van der Waals surface area contributed by atoms with E-state index >= 15 is 0 Å². The van der Waals surface area contributed by atoms with Crippen LogP contribution in [0.15, 0.2) is 0 Å². The molecule has 0 radical (unpaired) electrons. The van der Waals surface area contributed by atoms with E-state index in [1.165, 1.54) is 0 Å². The van der Waals surface area contributed by atoms with Crippen molar-refractivity contribution in [3.63, 3.8) is 0 Å². The standard InChI is InChI=1S/C11H22O.C10H20O3.C10H20O2/c1-8-7-10(5-6-12)11(3,4)9(8)2;1-7-6-8(4-5-11)10(13-3)9(7)12-2;1-7-6-9(4-5-11)10(12-3)8(7)2/h8-10,12H,5-7H2,1-4H3;7-11H,4-6H2,1-3H3;7-11H,4-6H2,1-3H3/t8-,9-,10+;7-,8+,9+,10-;7-,8+,9+,10+/m111/s1/i2*9D;8D. The Kier molecular flexibility index (Phi) is 13.5. The maximum atomic E-state index is 8.95. The zero-order valence-corrected chi connectivity index (χ0v) is 25.5. The summed E-state index contributed by atoms with van der Waals surface area (Å²) in [6, 6.07) is 0. The Morgan fingerprint density at radius 2 is 1.16 bits per heavy atom. The average molecular weight is 534 g/mol. The highest BCUT2D eigenvalue weighted by Gasteiger charge is 2.44. The third-order valence-corrected chi connectivity index (χ3v) is 9.80. The van der Waals surface area contributed by atoms with Gasteiger partial charge >= 0.3 is 0 Å². The lowest BCUT2D eigenvalue weighted by Gasteiger charge is -2.31. The van der Waals surface area contributed by atoms with Crippen molar-refractivity contribution in [1.82, 2.24) is 0 Å². The monoisotopic (exact) mass is 533 g/mol. The van der Waals surface area contributed by atoms with Crippen LogP contribution >= 0.6 is 0 Å². The first-order chi connectivity index (χ1) is 18.5. The molecule has 11 atom stereocenters. The topological polar surface area (TPSA) is 88.4 Å². The van der Waals surface area contributed by atoms with Gasteiger partial charge in [0.2, 0.25) is 0 Å². The summed E-state index contributed by atoms with van der Waals surface area (Å²) in [5, 5.41) is 26.7. The Bertz CT molecular complexity index is 736. The molecule has 3 fully saturated rings. The molecule has 3 aliphatic rings. The van der Waals surface area contributed by atoms with Crippen LogP contribution in [-0.2, 0) is 14.2 Å². The number of aliphatic hydroxyl groups is 3. The Balaban J connectivity index is 0.000000300. The minimum atomic E-state index is -0.950. The Hall–Kier alpha value is -0.240. The van der Waals surface area contributed by atoms with Crippen molar-refractivity contribution in [2.24, 2.45) is 52.7 Å². The Morgan fingerprint density at radius 1 is 0.676 bits per heavy atom. The van der Waals surface area contributed by atoms with Gasteiger partial charge in [-0.1, -0.05) is 48.5 Å². The number of hydrogen-bond donors (Lipinski definition) is 3. The quantitative estimate of drug-likeness (QED) is 0.367. The van der Waals surface area contributed by atoms with Crippen LogP contribution in [-0.4, -0.2) is 74.8 Å². The van der Waals surface area contributed by atoms with Crippen molar-refractivity contribution < 1.29 is 33.6 Å². The van der Waals surface area contributed by atoms with Crippen LogP contribution in [0.4, 0.5) is 0 Å². The molecule has 0 aromatic carbocycles. The smallest absolute Gasteiger partial charge is 0.0864 e. The molecule has 3 rings (SSSR count). The SMILES string of the molecule is [2H][C@@]1(C)[C@H](C)C[C@H](CCO)C1(C)C.[2H][C@]1(C)[C@H](C)C[C@H](CCO)[C@H]1OC.[2H][C@]1(OC)[C@H](C)C[C@H](CCO)[C@H]1OC. The summed E-state index contributed by atoms with van der Waals surface area (Å²) in [5.74, 6) is 1.21. The van der Waals surface area contributed by atoms with Gasteiger partial charge < -0.3 is 29.5 Å². The van der Waals surface area contributed by atoms with Gasteiger partial charge in [0.1, 0.15) is 0 Å². The molecule has 0 amide bonds. The number of rotatable bonds is 9. The van der Waals surface area contributed by atoms with Crippen LogP contribution in [0.2, 0.25) is 0 Å². The molecule has 0 saturated heterocycles. The molecule has 37 heavy (non-hydrogen) atoms. The molecule has 3 aliphatic carbocycles. The molecular formula is C31H62O6. The van der Waals surface area contributed by atoms with Gasteiger partial charge in [0.05, 0.1) is 19.7 Å². The van der Waals surface area contributed by atoms with E-state index in [9.17, 15) is 0 Å². The summed E-state index contributed by atoms with van der Waals surface area (Å²) in [7, 11) is 4.83. The molecule has 6 heteroatoms.